The zero-order valence-corrected chi connectivity index (χ0v) is 15.8. The van der Waals surface area contributed by atoms with Crippen molar-refractivity contribution in [2.75, 3.05) is 13.2 Å². The number of hydrogen-bond acceptors (Lipinski definition) is 8. The summed E-state index contributed by atoms with van der Waals surface area (Å²) in [6.45, 7) is 2.50. The maximum Gasteiger partial charge on any atom is 0.367 e. The number of likely N-dealkylation sites (tertiary alicyclic amines) is 1. The van der Waals surface area contributed by atoms with E-state index in [1.807, 2.05) is 11.4 Å². The minimum Gasteiger partial charge on any atom is -0.461 e. The molecule has 0 saturated carbocycles. The molecule has 2 aromatic rings. The van der Waals surface area contributed by atoms with E-state index in [1.54, 1.807) is 23.3 Å². The lowest BCUT2D eigenvalue weighted by molar-refractivity contribution is -0.149. The molecule has 0 bridgehead atoms. The van der Waals surface area contributed by atoms with Gasteiger partial charge in [-0.05, 0) is 31.2 Å². The molecule has 1 saturated heterocycles. The summed E-state index contributed by atoms with van der Waals surface area (Å²) < 4.78 is 10.2. The van der Waals surface area contributed by atoms with Crippen molar-refractivity contribution in [2.24, 2.45) is 0 Å². The molecule has 26 heavy (non-hydrogen) atoms. The predicted molar refractivity (Wildman–Crippen MR) is 96.2 cm³/mol. The van der Waals surface area contributed by atoms with Crippen molar-refractivity contribution >= 4 is 40.5 Å². The summed E-state index contributed by atoms with van der Waals surface area (Å²) in [5.74, 6) is -1.07. The van der Waals surface area contributed by atoms with Crippen LogP contribution < -0.4 is 0 Å². The quantitative estimate of drug-likeness (QED) is 0.701. The Balaban J connectivity index is 1.57. The van der Waals surface area contributed by atoms with Gasteiger partial charge >= 0.3 is 11.9 Å². The van der Waals surface area contributed by atoms with Crippen LogP contribution in [0.15, 0.2) is 22.9 Å². The first-order chi connectivity index (χ1) is 12.6. The maximum atomic E-state index is 12.5. The zero-order valence-electron chi connectivity index (χ0n) is 14.2. The summed E-state index contributed by atoms with van der Waals surface area (Å²) in [5, 5.41) is 3.72. The van der Waals surface area contributed by atoms with Gasteiger partial charge in [-0.2, -0.15) is 0 Å². The second-order valence-electron chi connectivity index (χ2n) is 5.61. The lowest BCUT2D eigenvalue weighted by Crippen LogP contribution is -2.41. The van der Waals surface area contributed by atoms with Gasteiger partial charge in [0.2, 0.25) is 5.01 Å². The highest BCUT2D eigenvalue weighted by atomic mass is 32.1. The summed E-state index contributed by atoms with van der Waals surface area (Å²) in [5.41, 5.74) is 0.487. The lowest BCUT2D eigenvalue weighted by atomic mass is 10.2. The Morgan fingerprint density at radius 2 is 2.15 bits per heavy atom. The molecule has 3 heterocycles. The third-order valence-electron chi connectivity index (χ3n) is 3.88. The average molecular weight is 394 g/mol. The molecule has 1 atom stereocenters. The van der Waals surface area contributed by atoms with Crippen LogP contribution in [0.4, 0.5) is 0 Å². The minimum absolute atomic E-state index is 0.0354. The van der Waals surface area contributed by atoms with Gasteiger partial charge in [0.15, 0.2) is 0 Å². The van der Waals surface area contributed by atoms with E-state index in [2.05, 4.69) is 4.98 Å². The number of hydrogen-bond donors (Lipinski definition) is 0. The zero-order chi connectivity index (χ0) is 18.5. The van der Waals surface area contributed by atoms with Crippen molar-refractivity contribution in [1.29, 1.82) is 0 Å². The predicted octanol–water partition coefficient (Wildman–Crippen LogP) is 2.73. The minimum atomic E-state index is -0.576. The number of thiophene rings is 1. The molecule has 0 aliphatic carbocycles. The molecule has 138 valence electrons. The summed E-state index contributed by atoms with van der Waals surface area (Å²) in [6, 6.07) is 2.98. The van der Waals surface area contributed by atoms with Gasteiger partial charge in [-0.25, -0.2) is 14.6 Å². The highest BCUT2D eigenvalue weighted by molar-refractivity contribution is 7.12. The number of esters is 2. The molecular weight excluding hydrogens is 376 g/mol. The standard InChI is InChI=1S/C17H18N2O5S2/c1-2-23-17(22)14-18-11(10-26-14)9-24-16(21)12-5-3-7-19(12)15(20)13-6-4-8-25-13/h4,6,8,10,12H,2-3,5,7,9H2,1H3/t12-/m0/s1. The Morgan fingerprint density at radius 3 is 2.88 bits per heavy atom. The molecular formula is C17H18N2O5S2. The number of rotatable bonds is 6. The van der Waals surface area contributed by atoms with Crippen LogP contribution in [-0.2, 0) is 20.9 Å². The molecule has 9 heteroatoms. The number of amides is 1. The Labute approximate surface area is 158 Å². The second kappa shape index (κ2) is 8.41. The van der Waals surface area contributed by atoms with Crippen LogP contribution in [0.2, 0.25) is 0 Å². The number of carbonyl (C=O) groups is 3. The van der Waals surface area contributed by atoms with Crippen LogP contribution in [-0.4, -0.2) is 46.9 Å². The highest BCUT2D eigenvalue weighted by Gasteiger charge is 2.36. The molecule has 0 spiro atoms. The molecule has 7 nitrogen and oxygen atoms in total. The van der Waals surface area contributed by atoms with Crippen LogP contribution in [0, 0.1) is 0 Å². The number of thiazole rings is 1. The van der Waals surface area contributed by atoms with E-state index in [1.165, 1.54) is 11.3 Å². The van der Waals surface area contributed by atoms with Gasteiger partial charge in [0.05, 0.1) is 17.2 Å². The third-order valence-corrected chi connectivity index (χ3v) is 5.61. The number of aromatic nitrogens is 1. The van der Waals surface area contributed by atoms with Gasteiger partial charge in [0.25, 0.3) is 5.91 Å². The molecule has 0 N–H and O–H groups in total. The maximum absolute atomic E-state index is 12.5. The van der Waals surface area contributed by atoms with Crippen LogP contribution in [0.25, 0.3) is 0 Å². The van der Waals surface area contributed by atoms with E-state index in [4.69, 9.17) is 9.47 Å². The fourth-order valence-electron chi connectivity index (χ4n) is 2.70. The SMILES string of the molecule is CCOC(=O)c1nc(COC(=O)[C@@H]2CCCN2C(=O)c2cccs2)cs1. The Bertz CT molecular complexity index is 787. The molecule has 1 amide bonds. The van der Waals surface area contributed by atoms with E-state index in [0.717, 1.165) is 17.8 Å². The Morgan fingerprint density at radius 1 is 1.31 bits per heavy atom. The van der Waals surface area contributed by atoms with E-state index in [0.29, 0.717) is 23.5 Å². The van der Waals surface area contributed by atoms with Crippen molar-refractivity contribution in [3.63, 3.8) is 0 Å². The lowest BCUT2D eigenvalue weighted by Gasteiger charge is -2.22. The van der Waals surface area contributed by atoms with E-state index in [-0.39, 0.29) is 24.1 Å². The van der Waals surface area contributed by atoms with Gasteiger partial charge in [-0.1, -0.05) is 6.07 Å². The van der Waals surface area contributed by atoms with Crippen LogP contribution in [0.1, 0.15) is 44.9 Å². The van der Waals surface area contributed by atoms with E-state index < -0.39 is 18.0 Å². The normalized spacial score (nSPS) is 16.5. The Kier molecular flexibility index (Phi) is 6.00. The number of nitrogens with zero attached hydrogens (tertiary/aromatic N) is 2. The topological polar surface area (TPSA) is 85.8 Å². The van der Waals surface area contributed by atoms with E-state index in [9.17, 15) is 14.4 Å². The largest absolute Gasteiger partial charge is 0.461 e. The fourth-order valence-corrected chi connectivity index (χ4v) is 4.07. The van der Waals surface area contributed by atoms with Gasteiger partial charge in [0.1, 0.15) is 12.6 Å². The smallest absolute Gasteiger partial charge is 0.367 e. The van der Waals surface area contributed by atoms with Gasteiger partial charge < -0.3 is 14.4 Å². The Hall–Kier alpha value is -2.26. The highest BCUT2D eigenvalue weighted by Crippen LogP contribution is 2.23. The second-order valence-corrected chi connectivity index (χ2v) is 7.41. The van der Waals surface area contributed by atoms with Gasteiger partial charge in [-0.3, -0.25) is 4.79 Å². The monoisotopic (exact) mass is 394 g/mol. The fraction of sp³-hybridized carbons (Fsp3) is 0.412. The molecule has 0 unspecified atom stereocenters. The van der Waals surface area contributed by atoms with Gasteiger partial charge in [-0.15, -0.1) is 22.7 Å². The van der Waals surface area contributed by atoms with Crippen molar-refractivity contribution in [2.45, 2.75) is 32.4 Å². The first-order valence-corrected chi connectivity index (χ1v) is 9.98. The molecule has 3 rings (SSSR count). The van der Waals surface area contributed by atoms with E-state index >= 15 is 0 Å². The first-order valence-electron chi connectivity index (χ1n) is 8.22. The van der Waals surface area contributed by atoms with Crippen molar-refractivity contribution in [3.05, 3.63) is 38.5 Å². The number of ether oxygens (including phenoxy) is 2. The summed E-state index contributed by atoms with van der Waals surface area (Å²) in [6.07, 6.45) is 1.35. The van der Waals surface area contributed by atoms with Crippen LogP contribution in [0.5, 0.6) is 0 Å². The molecule has 0 aromatic carbocycles. The van der Waals surface area contributed by atoms with Crippen LogP contribution >= 0.6 is 22.7 Å². The van der Waals surface area contributed by atoms with Crippen LogP contribution in [0.3, 0.4) is 0 Å². The summed E-state index contributed by atoms with van der Waals surface area (Å²) in [7, 11) is 0. The molecule has 1 aliphatic rings. The summed E-state index contributed by atoms with van der Waals surface area (Å²) >= 11 is 2.50. The van der Waals surface area contributed by atoms with Crippen molar-refractivity contribution in [3.8, 4) is 0 Å². The molecule has 2 aromatic heterocycles. The van der Waals surface area contributed by atoms with Gasteiger partial charge in [0, 0.05) is 11.9 Å². The molecule has 1 aliphatic heterocycles. The van der Waals surface area contributed by atoms with Crippen molar-refractivity contribution < 1.29 is 23.9 Å². The third kappa shape index (κ3) is 4.10. The molecule has 0 radical (unpaired) electrons. The summed E-state index contributed by atoms with van der Waals surface area (Å²) in [4.78, 5) is 42.8. The number of carbonyl (C=O) groups excluding carboxylic acids is 3. The average Bonchev–Trinajstić information content (AvgIpc) is 3.40. The van der Waals surface area contributed by atoms with Crippen molar-refractivity contribution in [1.82, 2.24) is 9.88 Å². The first kappa shape index (κ1) is 18.5. The molecule has 1 fully saturated rings.